The van der Waals surface area contributed by atoms with Gasteiger partial charge in [-0.3, -0.25) is 10.00 Å². The standard InChI is InChI=1S/C16H26N4O3/c1-16(2,3)23-15(21)19-14-12(10-18-20(14)4)9-17-11-13-7-5-6-8-22-13/h6,8,10,13,17H,5,7,9,11H2,1-4H3,(H,19,21). The first-order chi connectivity index (χ1) is 10.8. The van der Waals surface area contributed by atoms with Crippen LogP contribution in [-0.4, -0.2) is 34.1 Å². The molecule has 0 aliphatic carbocycles. The van der Waals surface area contributed by atoms with Gasteiger partial charge in [0.2, 0.25) is 0 Å². The zero-order valence-electron chi connectivity index (χ0n) is 14.3. The molecule has 2 N–H and O–H groups in total. The average Bonchev–Trinajstić information content (AvgIpc) is 2.79. The fraction of sp³-hybridized carbons (Fsp3) is 0.625. The number of anilines is 1. The Morgan fingerprint density at radius 1 is 1.52 bits per heavy atom. The molecule has 128 valence electrons. The van der Waals surface area contributed by atoms with Crippen molar-refractivity contribution in [2.75, 3.05) is 11.9 Å². The maximum Gasteiger partial charge on any atom is 0.413 e. The quantitative estimate of drug-likeness (QED) is 0.871. The number of amides is 1. The van der Waals surface area contributed by atoms with Crippen molar-refractivity contribution in [3.63, 3.8) is 0 Å². The van der Waals surface area contributed by atoms with Crippen LogP contribution in [0.25, 0.3) is 0 Å². The van der Waals surface area contributed by atoms with E-state index in [1.165, 1.54) is 0 Å². The zero-order valence-corrected chi connectivity index (χ0v) is 14.3. The molecule has 2 heterocycles. The van der Waals surface area contributed by atoms with Crippen LogP contribution in [0.15, 0.2) is 18.5 Å². The summed E-state index contributed by atoms with van der Waals surface area (Å²) in [6.45, 7) is 6.85. The van der Waals surface area contributed by atoms with Gasteiger partial charge >= 0.3 is 6.09 Å². The third-order valence-corrected chi connectivity index (χ3v) is 3.34. The van der Waals surface area contributed by atoms with Crippen molar-refractivity contribution in [3.8, 4) is 0 Å². The maximum absolute atomic E-state index is 11.9. The number of rotatable bonds is 5. The lowest BCUT2D eigenvalue weighted by Gasteiger charge is -2.21. The van der Waals surface area contributed by atoms with E-state index in [1.807, 2.05) is 26.8 Å². The van der Waals surface area contributed by atoms with Gasteiger partial charge < -0.3 is 14.8 Å². The summed E-state index contributed by atoms with van der Waals surface area (Å²) >= 11 is 0. The van der Waals surface area contributed by atoms with Gasteiger partial charge in [-0.2, -0.15) is 5.10 Å². The second-order valence-electron chi connectivity index (χ2n) is 6.61. The molecular formula is C16H26N4O3. The van der Waals surface area contributed by atoms with E-state index in [1.54, 1.807) is 24.2 Å². The molecule has 1 atom stereocenters. The molecule has 1 aromatic rings. The number of carbonyl (C=O) groups excluding carboxylic acids is 1. The van der Waals surface area contributed by atoms with Crippen LogP contribution in [0.3, 0.4) is 0 Å². The number of aryl methyl sites for hydroxylation is 1. The Hall–Kier alpha value is -2.02. The van der Waals surface area contributed by atoms with Crippen LogP contribution < -0.4 is 10.6 Å². The Morgan fingerprint density at radius 2 is 2.30 bits per heavy atom. The number of hydrogen-bond donors (Lipinski definition) is 2. The van der Waals surface area contributed by atoms with Gasteiger partial charge in [-0.05, 0) is 39.7 Å². The molecule has 0 aromatic carbocycles. The SMILES string of the molecule is Cn1ncc(CNCC2CCC=CO2)c1NC(=O)OC(C)(C)C. The van der Waals surface area contributed by atoms with Crippen molar-refractivity contribution in [2.24, 2.45) is 7.05 Å². The molecule has 23 heavy (non-hydrogen) atoms. The number of aromatic nitrogens is 2. The Morgan fingerprint density at radius 3 is 2.96 bits per heavy atom. The van der Waals surface area contributed by atoms with Crippen LogP contribution in [0.5, 0.6) is 0 Å². The topological polar surface area (TPSA) is 77.4 Å². The molecular weight excluding hydrogens is 296 g/mol. The fourth-order valence-corrected chi connectivity index (χ4v) is 2.28. The molecule has 7 heteroatoms. The van der Waals surface area contributed by atoms with E-state index in [4.69, 9.17) is 9.47 Å². The molecule has 1 amide bonds. The fourth-order valence-electron chi connectivity index (χ4n) is 2.28. The zero-order chi connectivity index (χ0) is 16.9. The molecule has 1 aliphatic heterocycles. The van der Waals surface area contributed by atoms with E-state index < -0.39 is 11.7 Å². The lowest BCUT2D eigenvalue weighted by atomic mass is 10.1. The molecule has 0 bridgehead atoms. The minimum Gasteiger partial charge on any atom is -0.497 e. The summed E-state index contributed by atoms with van der Waals surface area (Å²) in [5.41, 5.74) is 0.372. The summed E-state index contributed by atoms with van der Waals surface area (Å²) in [7, 11) is 1.78. The van der Waals surface area contributed by atoms with Gasteiger partial charge in [0.15, 0.2) is 0 Å². The van der Waals surface area contributed by atoms with Crippen molar-refractivity contribution in [1.29, 1.82) is 0 Å². The third-order valence-electron chi connectivity index (χ3n) is 3.34. The van der Waals surface area contributed by atoms with Crippen LogP contribution >= 0.6 is 0 Å². The first-order valence-corrected chi connectivity index (χ1v) is 7.87. The molecule has 1 unspecified atom stereocenters. The van der Waals surface area contributed by atoms with Gasteiger partial charge in [-0.1, -0.05) is 0 Å². The molecule has 0 saturated heterocycles. The molecule has 0 spiro atoms. The molecule has 1 aromatic heterocycles. The largest absolute Gasteiger partial charge is 0.497 e. The average molecular weight is 322 g/mol. The summed E-state index contributed by atoms with van der Waals surface area (Å²) in [4.78, 5) is 11.9. The van der Waals surface area contributed by atoms with Gasteiger partial charge in [-0.15, -0.1) is 0 Å². The lowest BCUT2D eigenvalue weighted by molar-refractivity contribution is 0.0634. The summed E-state index contributed by atoms with van der Waals surface area (Å²) in [5, 5.41) is 10.3. The molecule has 2 rings (SSSR count). The number of hydrogen-bond acceptors (Lipinski definition) is 5. The molecule has 0 saturated carbocycles. The van der Waals surface area contributed by atoms with Gasteiger partial charge in [0.25, 0.3) is 0 Å². The highest BCUT2D eigenvalue weighted by molar-refractivity contribution is 5.84. The van der Waals surface area contributed by atoms with E-state index in [0.717, 1.165) is 24.9 Å². The first-order valence-electron chi connectivity index (χ1n) is 7.87. The number of carbonyl (C=O) groups is 1. The first kappa shape index (κ1) is 17.3. The van der Waals surface area contributed by atoms with Crippen LogP contribution in [-0.2, 0) is 23.1 Å². The predicted molar refractivity (Wildman–Crippen MR) is 88.0 cm³/mol. The summed E-state index contributed by atoms with van der Waals surface area (Å²) < 4.78 is 12.4. The molecule has 0 radical (unpaired) electrons. The molecule has 7 nitrogen and oxygen atoms in total. The minimum absolute atomic E-state index is 0.193. The Kier molecular flexibility index (Phi) is 5.65. The number of ether oxygens (including phenoxy) is 2. The summed E-state index contributed by atoms with van der Waals surface area (Å²) in [6.07, 6.45) is 7.30. The summed E-state index contributed by atoms with van der Waals surface area (Å²) in [5.74, 6) is 0.635. The van der Waals surface area contributed by atoms with Crippen molar-refractivity contribution in [2.45, 2.75) is 51.9 Å². The van der Waals surface area contributed by atoms with Gasteiger partial charge in [0, 0.05) is 25.7 Å². The van der Waals surface area contributed by atoms with Crippen LogP contribution in [0, 0.1) is 0 Å². The van der Waals surface area contributed by atoms with Crippen LogP contribution in [0.4, 0.5) is 10.6 Å². The second-order valence-corrected chi connectivity index (χ2v) is 6.61. The maximum atomic E-state index is 11.9. The summed E-state index contributed by atoms with van der Waals surface area (Å²) in [6, 6.07) is 0. The van der Waals surface area contributed by atoms with Crippen molar-refractivity contribution >= 4 is 11.9 Å². The monoisotopic (exact) mass is 322 g/mol. The van der Waals surface area contributed by atoms with Crippen molar-refractivity contribution in [3.05, 3.63) is 24.1 Å². The number of allylic oxidation sites excluding steroid dienone is 1. The number of nitrogens with one attached hydrogen (secondary N) is 2. The van der Waals surface area contributed by atoms with Crippen LogP contribution in [0.2, 0.25) is 0 Å². The highest BCUT2D eigenvalue weighted by Gasteiger charge is 2.19. The van der Waals surface area contributed by atoms with Crippen LogP contribution in [0.1, 0.15) is 39.2 Å². The molecule has 1 aliphatic rings. The third kappa shape index (κ3) is 5.59. The van der Waals surface area contributed by atoms with Gasteiger partial charge in [0.1, 0.15) is 17.5 Å². The minimum atomic E-state index is -0.535. The highest BCUT2D eigenvalue weighted by Crippen LogP contribution is 2.16. The highest BCUT2D eigenvalue weighted by atomic mass is 16.6. The second kappa shape index (κ2) is 7.50. The van der Waals surface area contributed by atoms with Gasteiger partial charge in [0.05, 0.1) is 12.5 Å². The van der Waals surface area contributed by atoms with E-state index in [0.29, 0.717) is 12.4 Å². The predicted octanol–water partition coefficient (Wildman–Crippen LogP) is 2.55. The Balaban J connectivity index is 1.87. The number of nitrogens with zero attached hydrogens (tertiary/aromatic N) is 2. The normalized spacial score (nSPS) is 17.7. The van der Waals surface area contributed by atoms with Gasteiger partial charge in [-0.25, -0.2) is 4.79 Å². The van der Waals surface area contributed by atoms with E-state index in [-0.39, 0.29) is 6.10 Å². The van der Waals surface area contributed by atoms with E-state index in [9.17, 15) is 4.79 Å². The van der Waals surface area contributed by atoms with E-state index in [2.05, 4.69) is 15.7 Å². The smallest absolute Gasteiger partial charge is 0.413 e. The lowest BCUT2D eigenvalue weighted by Crippen LogP contribution is -2.30. The van der Waals surface area contributed by atoms with E-state index >= 15 is 0 Å². The van der Waals surface area contributed by atoms with Crippen molar-refractivity contribution in [1.82, 2.24) is 15.1 Å². The van der Waals surface area contributed by atoms with Crippen molar-refractivity contribution < 1.29 is 14.3 Å². The molecule has 0 fully saturated rings. The Labute approximate surface area is 137 Å². The Bertz CT molecular complexity index is 560.